The van der Waals surface area contributed by atoms with Crippen molar-refractivity contribution in [1.82, 2.24) is 4.72 Å². The summed E-state index contributed by atoms with van der Waals surface area (Å²) in [6, 6.07) is 5.44. The van der Waals surface area contributed by atoms with Crippen molar-refractivity contribution in [3.8, 4) is 0 Å². The molecule has 0 unspecified atom stereocenters. The van der Waals surface area contributed by atoms with E-state index in [0.717, 1.165) is 0 Å². The molecular weight excluding hydrogens is 266 g/mol. The first-order chi connectivity index (χ1) is 8.01. The number of hydrogen-bond donors (Lipinski definition) is 2. The van der Waals surface area contributed by atoms with Gasteiger partial charge in [0.15, 0.2) is 5.78 Å². The van der Waals surface area contributed by atoms with Crippen LogP contribution < -0.4 is 4.72 Å². The Morgan fingerprint density at radius 2 is 1.88 bits per heavy atom. The van der Waals surface area contributed by atoms with Crippen molar-refractivity contribution in [3.63, 3.8) is 0 Å². The molecule has 0 aliphatic carbocycles. The number of aliphatic hydroxyl groups is 1. The molecule has 1 aromatic carbocycles. The number of Topliss-reactive ketones (excluding diaryl/α,β-unsaturated/α-hetero) is 1. The van der Waals surface area contributed by atoms with E-state index < -0.39 is 10.0 Å². The average molecular weight is 278 g/mol. The summed E-state index contributed by atoms with van der Waals surface area (Å²) in [4.78, 5) is 11.3. The lowest BCUT2D eigenvalue weighted by Gasteiger charge is -2.05. The molecule has 0 saturated carbocycles. The average Bonchev–Trinajstić information content (AvgIpc) is 2.35. The summed E-state index contributed by atoms with van der Waals surface area (Å²) in [6.07, 6.45) is 0. The van der Waals surface area contributed by atoms with Crippen molar-refractivity contribution < 1.29 is 18.3 Å². The van der Waals surface area contributed by atoms with Gasteiger partial charge in [0.05, 0.1) is 17.4 Å². The first-order valence-corrected chi connectivity index (χ1v) is 6.83. The molecule has 0 amide bonds. The lowest BCUT2D eigenvalue weighted by Crippen LogP contribution is -2.26. The number of halogens is 1. The minimum absolute atomic E-state index is 0.0390. The molecule has 0 spiro atoms. The van der Waals surface area contributed by atoms with Crippen LogP contribution in [0.15, 0.2) is 29.2 Å². The number of benzene rings is 1. The highest BCUT2D eigenvalue weighted by atomic mass is 35.5. The predicted molar refractivity (Wildman–Crippen MR) is 63.8 cm³/mol. The number of rotatable bonds is 6. The minimum Gasteiger partial charge on any atom is -0.395 e. The van der Waals surface area contributed by atoms with E-state index in [0.29, 0.717) is 5.56 Å². The zero-order valence-corrected chi connectivity index (χ0v) is 10.5. The van der Waals surface area contributed by atoms with Crippen LogP contribution in [0.4, 0.5) is 0 Å². The Hall–Kier alpha value is -0.950. The molecule has 0 saturated heterocycles. The van der Waals surface area contributed by atoms with Gasteiger partial charge in [0, 0.05) is 12.1 Å². The summed E-state index contributed by atoms with van der Waals surface area (Å²) in [7, 11) is -3.63. The Balaban J connectivity index is 2.91. The second-order valence-corrected chi connectivity index (χ2v) is 5.24. The maximum Gasteiger partial charge on any atom is 0.240 e. The van der Waals surface area contributed by atoms with Crippen LogP contribution in [-0.4, -0.2) is 38.3 Å². The van der Waals surface area contributed by atoms with Gasteiger partial charge in [-0.15, -0.1) is 11.6 Å². The Labute approximate surface area is 104 Å². The number of sulfonamides is 1. The maximum atomic E-state index is 11.6. The Kier molecular flexibility index (Phi) is 5.07. The van der Waals surface area contributed by atoms with Gasteiger partial charge in [-0.1, -0.05) is 12.1 Å². The molecule has 1 aromatic rings. The molecule has 1 rings (SSSR count). The third-order valence-electron chi connectivity index (χ3n) is 2.01. The standard InChI is InChI=1S/C10H12ClNO4S/c11-7-10(14)8-1-3-9(4-2-8)17(15,16)12-5-6-13/h1-4,12-13H,5-7H2. The lowest BCUT2D eigenvalue weighted by molar-refractivity contribution is 0.102. The second-order valence-electron chi connectivity index (χ2n) is 3.20. The van der Waals surface area contributed by atoms with Crippen LogP contribution in [0.2, 0.25) is 0 Å². The van der Waals surface area contributed by atoms with E-state index in [1.807, 2.05) is 0 Å². The number of carbonyl (C=O) groups is 1. The van der Waals surface area contributed by atoms with Crippen LogP contribution in [0.5, 0.6) is 0 Å². The van der Waals surface area contributed by atoms with Gasteiger partial charge >= 0.3 is 0 Å². The molecule has 2 N–H and O–H groups in total. The quantitative estimate of drug-likeness (QED) is 0.582. The number of aliphatic hydroxyl groups excluding tert-OH is 1. The molecule has 0 bridgehead atoms. The van der Waals surface area contributed by atoms with Crippen molar-refractivity contribution >= 4 is 27.4 Å². The molecule has 0 atom stereocenters. The molecule has 0 aromatic heterocycles. The van der Waals surface area contributed by atoms with Gasteiger partial charge in [-0.05, 0) is 12.1 Å². The summed E-state index contributed by atoms with van der Waals surface area (Å²) >= 11 is 5.38. The van der Waals surface area contributed by atoms with E-state index in [2.05, 4.69) is 4.72 Å². The van der Waals surface area contributed by atoms with Crippen molar-refractivity contribution in [2.24, 2.45) is 0 Å². The number of alkyl halides is 1. The highest BCUT2D eigenvalue weighted by Crippen LogP contribution is 2.11. The monoisotopic (exact) mass is 277 g/mol. The SMILES string of the molecule is O=C(CCl)c1ccc(S(=O)(=O)NCCO)cc1. The lowest BCUT2D eigenvalue weighted by atomic mass is 10.1. The van der Waals surface area contributed by atoms with E-state index in [4.69, 9.17) is 16.7 Å². The van der Waals surface area contributed by atoms with E-state index in [9.17, 15) is 13.2 Å². The van der Waals surface area contributed by atoms with E-state index in [1.165, 1.54) is 24.3 Å². The molecule has 5 nitrogen and oxygen atoms in total. The van der Waals surface area contributed by atoms with Gasteiger partial charge < -0.3 is 5.11 Å². The van der Waals surface area contributed by atoms with Crippen LogP contribution in [0.25, 0.3) is 0 Å². The van der Waals surface area contributed by atoms with Crippen LogP contribution in [0, 0.1) is 0 Å². The highest BCUT2D eigenvalue weighted by molar-refractivity contribution is 7.89. The Morgan fingerprint density at radius 1 is 1.29 bits per heavy atom. The zero-order chi connectivity index (χ0) is 12.9. The highest BCUT2D eigenvalue weighted by Gasteiger charge is 2.13. The molecule has 0 heterocycles. The van der Waals surface area contributed by atoms with Crippen molar-refractivity contribution in [3.05, 3.63) is 29.8 Å². The fourth-order valence-electron chi connectivity index (χ4n) is 1.16. The molecule has 0 radical (unpaired) electrons. The van der Waals surface area contributed by atoms with Gasteiger partial charge in [0.1, 0.15) is 0 Å². The van der Waals surface area contributed by atoms with Gasteiger partial charge in [0.25, 0.3) is 0 Å². The number of nitrogens with one attached hydrogen (secondary N) is 1. The summed E-state index contributed by atoms with van der Waals surface area (Å²) in [6.45, 7) is -0.327. The topological polar surface area (TPSA) is 83.5 Å². The van der Waals surface area contributed by atoms with Crippen molar-refractivity contribution in [2.75, 3.05) is 19.0 Å². The fraction of sp³-hybridized carbons (Fsp3) is 0.300. The molecule has 17 heavy (non-hydrogen) atoms. The largest absolute Gasteiger partial charge is 0.395 e. The Bertz CT molecular complexity index is 484. The molecule has 0 aliphatic rings. The van der Waals surface area contributed by atoms with Crippen LogP contribution in [0.3, 0.4) is 0 Å². The molecule has 94 valence electrons. The van der Waals surface area contributed by atoms with Crippen LogP contribution >= 0.6 is 11.6 Å². The van der Waals surface area contributed by atoms with E-state index >= 15 is 0 Å². The third-order valence-corrected chi connectivity index (χ3v) is 3.73. The molecule has 0 fully saturated rings. The number of ketones is 1. The van der Waals surface area contributed by atoms with Crippen LogP contribution in [-0.2, 0) is 10.0 Å². The first kappa shape index (κ1) is 14.1. The van der Waals surface area contributed by atoms with Crippen molar-refractivity contribution in [1.29, 1.82) is 0 Å². The van der Waals surface area contributed by atoms with E-state index in [1.54, 1.807) is 0 Å². The first-order valence-electron chi connectivity index (χ1n) is 4.81. The van der Waals surface area contributed by atoms with Gasteiger partial charge in [-0.2, -0.15) is 0 Å². The maximum absolute atomic E-state index is 11.6. The molecule has 7 heteroatoms. The van der Waals surface area contributed by atoms with Gasteiger partial charge in [-0.3, -0.25) is 4.79 Å². The predicted octanol–water partition coefficient (Wildman–Crippen LogP) is 0.379. The van der Waals surface area contributed by atoms with Crippen molar-refractivity contribution in [2.45, 2.75) is 4.90 Å². The Morgan fingerprint density at radius 3 is 2.35 bits per heavy atom. The second kappa shape index (κ2) is 6.11. The number of hydrogen-bond acceptors (Lipinski definition) is 4. The van der Waals surface area contributed by atoms with Crippen LogP contribution in [0.1, 0.15) is 10.4 Å². The molecule has 0 aliphatic heterocycles. The number of carbonyl (C=O) groups excluding carboxylic acids is 1. The van der Waals surface area contributed by atoms with Gasteiger partial charge in [-0.25, -0.2) is 13.1 Å². The molecular formula is C10H12ClNO4S. The van der Waals surface area contributed by atoms with E-state index in [-0.39, 0.29) is 29.7 Å². The smallest absolute Gasteiger partial charge is 0.240 e. The normalized spacial score (nSPS) is 11.4. The summed E-state index contributed by atoms with van der Waals surface area (Å²) in [5.41, 5.74) is 0.362. The summed E-state index contributed by atoms with van der Waals surface area (Å²) < 4.78 is 25.4. The summed E-state index contributed by atoms with van der Waals surface area (Å²) in [5, 5.41) is 8.54. The third kappa shape index (κ3) is 3.78. The fourth-order valence-corrected chi connectivity index (χ4v) is 2.34. The van der Waals surface area contributed by atoms with Gasteiger partial charge in [0.2, 0.25) is 10.0 Å². The summed E-state index contributed by atoms with van der Waals surface area (Å²) in [5.74, 6) is -0.409. The zero-order valence-electron chi connectivity index (χ0n) is 8.89. The minimum atomic E-state index is -3.63.